The molecule has 2 heterocycles. The van der Waals surface area contributed by atoms with Crippen molar-refractivity contribution in [2.24, 2.45) is 0 Å². The predicted molar refractivity (Wildman–Crippen MR) is 81.9 cm³/mol. The molecule has 3 aromatic rings. The van der Waals surface area contributed by atoms with Crippen molar-refractivity contribution in [1.29, 1.82) is 0 Å². The molecule has 3 rings (SSSR count). The molecule has 108 valence electrons. The van der Waals surface area contributed by atoms with Crippen LogP contribution in [-0.2, 0) is 6.42 Å². The standard InChI is InChI=1S/C16H18N4O/c21-16(12-4-3-8-17-10-12)11-18-9-7-15-13-5-1-2-6-14(13)19-20-15/h1-6,8,10,16,18,21H,7,9,11H2,(H,19,20)/t16-/m0/s1. The van der Waals surface area contributed by atoms with E-state index in [0.29, 0.717) is 6.54 Å². The van der Waals surface area contributed by atoms with Crippen molar-refractivity contribution in [3.05, 3.63) is 60.0 Å². The highest BCUT2D eigenvalue weighted by Gasteiger charge is 2.07. The fourth-order valence-corrected chi connectivity index (χ4v) is 2.35. The van der Waals surface area contributed by atoms with Gasteiger partial charge < -0.3 is 10.4 Å². The summed E-state index contributed by atoms with van der Waals surface area (Å²) in [5.41, 5.74) is 2.94. The van der Waals surface area contributed by atoms with Gasteiger partial charge in [-0.1, -0.05) is 24.3 Å². The molecule has 5 heteroatoms. The van der Waals surface area contributed by atoms with Gasteiger partial charge in [0.05, 0.1) is 11.6 Å². The number of hydrogen-bond acceptors (Lipinski definition) is 4. The summed E-state index contributed by atoms with van der Waals surface area (Å²) in [6, 6.07) is 11.8. The summed E-state index contributed by atoms with van der Waals surface area (Å²) in [6.45, 7) is 1.29. The van der Waals surface area contributed by atoms with Crippen molar-refractivity contribution in [2.75, 3.05) is 13.1 Å². The van der Waals surface area contributed by atoms with Gasteiger partial charge in [-0.3, -0.25) is 10.1 Å². The van der Waals surface area contributed by atoms with E-state index in [0.717, 1.165) is 35.1 Å². The molecule has 0 aliphatic rings. The van der Waals surface area contributed by atoms with Crippen LogP contribution in [-0.4, -0.2) is 33.4 Å². The number of hydrogen-bond donors (Lipinski definition) is 3. The second kappa shape index (κ2) is 6.47. The maximum absolute atomic E-state index is 10.0. The highest BCUT2D eigenvalue weighted by molar-refractivity contribution is 5.81. The maximum atomic E-state index is 10.0. The van der Waals surface area contributed by atoms with E-state index in [1.807, 2.05) is 30.3 Å². The van der Waals surface area contributed by atoms with Crippen LogP contribution < -0.4 is 5.32 Å². The van der Waals surface area contributed by atoms with Gasteiger partial charge in [0.2, 0.25) is 0 Å². The first kappa shape index (κ1) is 13.7. The number of pyridine rings is 1. The Hall–Kier alpha value is -2.24. The molecular formula is C16H18N4O. The van der Waals surface area contributed by atoms with E-state index in [1.54, 1.807) is 12.4 Å². The number of rotatable bonds is 6. The molecule has 21 heavy (non-hydrogen) atoms. The molecule has 0 aliphatic heterocycles. The molecule has 0 radical (unpaired) electrons. The number of fused-ring (bicyclic) bond motifs is 1. The minimum absolute atomic E-state index is 0.512. The summed E-state index contributed by atoms with van der Waals surface area (Å²) < 4.78 is 0. The number of aromatic amines is 1. The molecule has 5 nitrogen and oxygen atoms in total. The van der Waals surface area contributed by atoms with Crippen molar-refractivity contribution >= 4 is 10.9 Å². The van der Waals surface area contributed by atoms with Crippen LogP contribution in [0.1, 0.15) is 17.4 Å². The molecule has 0 bridgehead atoms. The number of nitrogens with zero attached hydrogens (tertiary/aromatic N) is 2. The van der Waals surface area contributed by atoms with Gasteiger partial charge in [0, 0.05) is 48.5 Å². The fraction of sp³-hybridized carbons (Fsp3) is 0.250. The Kier molecular flexibility index (Phi) is 4.23. The lowest BCUT2D eigenvalue weighted by Gasteiger charge is -2.11. The molecule has 1 atom stereocenters. The molecule has 0 saturated heterocycles. The van der Waals surface area contributed by atoms with Crippen molar-refractivity contribution in [3.8, 4) is 0 Å². The average Bonchev–Trinajstić information content (AvgIpc) is 2.95. The van der Waals surface area contributed by atoms with Crippen LogP contribution >= 0.6 is 0 Å². The molecule has 3 N–H and O–H groups in total. The van der Waals surface area contributed by atoms with E-state index >= 15 is 0 Å². The quantitative estimate of drug-likeness (QED) is 0.603. The van der Waals surface area contributed by atoms with Crippen LogP contribution in [0.2, 0.25) is 0 Å². The Bertz CT molecular complexity index is 696. The molecule has 0 amide bonds. The molecule has 0 saturated carbocycles. The van der Waals surface area contributed by atoms with Crippen molar-refractivity contribution in [2.45, 2.75) is 12.5 Å². The molecule has 1 aromatic carbocycles. The summed E-state index contributed by atoms with van der Waals surface area (Å²) >= 11 is 0. The van der Waals surface area contributed by atoms with Gasteiger partial charge in [0.1, 0.15) is 0 Å². The van der Waals surface area contributed by atoms with Gasteiger partial charge >= 0.3 is 0 Å². The Balaban J connectivity index is 1.50. The van der Waals surface area contributed by atoms with Gasteiger partial charge in [-0.25, -0.2) is 0 Å². The second-order valence-electron chi connectivity index (χ2n) is 4.98. The van der Waals surface area contributed by atoms with Crippen LogP contribution in [0, 0.1) is 0 Å². The van der Waals surface area contributed by atoms with Gasteiger partial charge in [0.25, 0.3) is 0 Å². The van der Waals surface area contributed by atoms with Crippen LogP contribution in [0.15, 0.2) is 48.8 Å². The van der Waals surface area contributed by atoms with E-state index in [1.165, 1.54) is 0 Å². The smallest absolute Gasteiger partial charge is 0.0929 e. The summed E-state index contributed by atoms with van der Waals surface area (Å²) in [6.07, 6.45) is 3.71. The highest BCUT2D eigenvalue weighted by Crippen LogP contribution is 2.15. The third-order valence-corrected chi connectivity index (χ3v) is 3.50. The van der Waals surface area contributed by atoms with Crippen LogP contribution in [0.4, 0.5) is 0 Å². The highest BCUT2D eigenvalue weighted by atomic mass is 16.3. The van der Waals surface area contributed by atoms with Crippen molar-refractivity contribution in [3.63, 3.8) is 0 Å². The van der Waals surface area contributed by atoms with E-state index in [9.17, 15) is 5.11 Å². The number of aromatic nitrogens is 3. The number of para-hydroxylation sites is 1. The molecule has 0 aliphatic carbocycles. The average molecular weight is 282 g/mol. The molecule has 0 spiro atoms. The first-order chi connectivity index (χ1) is 10.3. The van der Waals surface area contributed by atoms with Crippen molar-refractivity contribution in [1.82, 2.24) is 20.5 Å². The number of aliphatic hydroxyl groups is 1. The van der Waals surface area contributed by atoms with E-state index < -0.39 is 6.10 Å². The maximum Gasteiger partial charge on any atom is 0.0929 e. The van der Waals surface area contributed by atoms with Crippen LogP contribution in [0.3, 0.4) is 0 Å². The SMILES string of the molecule is O[C@@H](CNCCc1[nH]nc2ccccc12)c1cccnc1. The summed E-state index contributed by atoms with van der Waals surface area (Å²) in [7, 11) is 0. The lowest BCUT2D eigenvalue weighted by Crippen LogP contribution is -2.24. The van der Waals surface area contributed by atoms with Crippen molar-refractivity contribution < 1.29 is 5.11 Å². The van der Waals surface area contributed by atoms with E-state index in [4.69, 9.17) is 0 Å². The van der Waals surface area contributed by atoms with E-state index in [-0.39, 0.29) is 0 Å². The zero-order valence-electron chi connectivity index (χ0n) is 11.7. The molecule has 2 aromatic heterocycles. The van der Waals surface area contributed by atoms with Crippen LogP contribution in [0.5, 0.6) is 0 Å². The van der Waals surface area contributed by atoms with Crippen LogP contribution in [0.25, 0.3) is 10.9 Å². The Morgan fingerprint density at radius 2 is 2.10 bits per heavy atom. The first-order valence-electron chi connectivity index (χ1n) is 7.05. The minimum atomic E-state index is -0.530. The predicted octanol–water partition coefficient (Wildman–Crippen LogP) is 1.82. The summed E-state index contributed by atoms with van der Waals surface area (Å²) in [5, 5.41) is 21.8. The van der Waals surface area contributed by atoms with Gasteiger partial charge in [-0.2, -0.15) is 5.10 Å². The number of benzene rings is 1. The van der Waals surface area contributed by atoms with Gasteiger partial charge in [-0.05, 0) is 12.1 Å². The monoisotopic (exact) mass is 282 g/mol. The third kappa shape index (κ3) is 3.26. The minimum Gasteiger partial charge on any atom is -0.387 e. The Morgan fingerprint density at radius 3 is 2.95 bits per heavy atom. The Labute approximate surface area is 123 Å². The molecule has 0 fully saturated rings. The third-order valence-electron chi connectivity index (χ3n) is 3.50. The summed E-state index contributed by atoms with van der Waals surface area (Å²) in [4.78, 5) is 4.01. The first-order valence-corrected chi connectivity index (χ1v) is 7.05. The largest absolute Gasteiger partial charge is 0.387 e. The zero-order chi connectivity index (χ0) is 14.5. The normalized spacial score (nSPS) is 12.6. The summed E-state index contributed by atoms with van der Waals surface area (Å²) in [5.74, 6) is 0. The fourth-order valence-electron chi connectivity index (χ4n) is 2.35. The molecular weight excluding hydrogens is 264 g/mol. The topological polar surface area (TPSA) is 73.8 Å². The second-order valence-corrected chi connectivity index (χ2v) is 4.98. The lowest BCUT2D eigenvalue weighted by atomic mass is 10.1. The Morgan fingerprint density at radius 1 is 1.19 bits per heavy atom. The number of H-pyrrole nitrogens is 1. The molecule has 0 unspecified atom stereocenters. The van der Waals surface area contributed by atoms with Gasteiger partial charge in [0.15, 0.2) is 0 Å². The number of nitrogens with one attached hydrogen (secondary N) is 2. The lowest BCUT2D eigenvalue weighted by molar-refractivity contribution is 0.174. The zero-order valence-corrected chi connectivity index (χ0v) is 11.7. The van der Waals surface area contributed by atoms with Gasteiger partial charge in [-0.15, -0.1) is 0 Å². The van der Waals surface area contributed by atoms with E-state index in [2.05, 4.69) is 26.6 Å². The number of aliphatic hydroxyl groups excluding tert-OH is 1.